The molecule has 0 spiro atoms. The molecule has 0 aromatic carbocycles. The average molecular weight is 184 g/mol. The third kappa shape index (κ3) is 2.23. The minimum Gasteiger partial charge on any atom is -0.304 e. The fourth-order valence-corrected chi connectivity index (χ4v) is 1.77. The van der Waals surface area contributed by atoms with Gasteiger partial charge in [0.15, 0.2) is 0 Å². The number of hydrogen-bond acceptors (Lipinski definition) is 2. The molecule has 78 valence electrons. The van der Waals surface area contributed by atoms with Gasteiger partial charge < -0.3 is 10.6 Å². The van der Waals surface area contributed by atoms with Gasteiger partial charge >= 0.3 is 0 Å². The molecule has 1 aliphatic rings. The van der Waals surface area contributed by atoms with Crippen molar-refractivity contribution in [2.75, 3.05) is 13.2 Å². The SMILES string of the molecule is CC(C)(C)C(C)(C)[C@H]1CCNCN1. The molecule has 1 atom stereocenters. The Morgan fingerprint density at radius 2 is 1.69 bits per heavy atom. The Labute approximate surface area is 82.5 Å². The van der Waals surface area contributed by atoms with Crippen molar-refractivity contribution in [3.8, 4) is 0 Å². The van der Waals surface area contributed by atoms with Gasteiger partial charge in [0.2, 0.25) is 0 Å². The highest BCUT2D eigenvalue weighted by Gasteiger charge is 2.40. The lowest BCUT2D eigenvalue weighted by Gasteiger charge is -2.47. The molecule has 0 amide bonds. The lowest BCUT2D eigenvalue weighted by atomic mass is 9.64. The monoisotopic (exact) mass is 184 g/mol. The van der Waals surface area contributed by atoms with E-state index < -0.39 is 0 Å². The molecule has 0 aromatic rings. The van der Waals surface area contributed by atoms with Crippen LogP contribution in [0, 0.1) is 10.8 Å². The van der Waals surface area contributed by atoms with E-state index >= 15 is 0 Å². The summed E-state index contributed by atoms with van der Waals surface area (Å²) in [6.45, 7) is 13.8. The van der Waals surface area contributed by atoms with Crippen LogP contribution in [-0.4, -0.2) is 19.3 Å². The average Bonchev–Trinajstić information content (AvgIpc) is 2.04. The lowest BCUT2D eigenvalue weighted by Crippen LogP contribution is -2.55. The summed E-state index contributed by atoms with van der Waals surface area (Å²) in [5, 5.41) is 6.88. The summed E-state index contributed by atoms with van der Waals surface area (Å²) in [7, 11) is 0. The number of hydrogen-bond donors (Lipinski definition) is 2. The van der Waals surface area contributed by atoms with Crippen LogP contribution in [-0.2, 0) is 0 Å². The van der Waals surface area contributed by atoms with Crippen molar-refractivity contribution in [1.82, 2.24) is 10.6 Å². The van der Waals surface area contributed by atoms with E-state index in [1.54, 1.807) is 0 Å². The molecule has 0 saturated carbocycles. The van der Waals surface area contributed by atoms with Crippen LogP contribution in [0.5, 0.6) is 0 Å². The molecule has 1 heterocycles. The van der Waals surface area contributed by atoms with E-state index in [9.17, 15) is 0 Å². The highest BCUT2D eigenvalue weighted by Crippen LogP contribution is 2.41. The van der Waals surface area contributed by atoms with Gasteiger partial charge in [0.05, 0.1) is 0 Å². The van der Waals surface area contributed by atoms with Gasteiger partial charge in [-0.2, -0.15) is 0 Å². The van der Waals surface area contributed by atoms with Crippen LogP contribution in [0.2, 0.25) is 0 Å². The fraction of sp³-hybridized carbons (Fsp3) is 1.00. The third-order valence-corrected chi connectivity index (χ3v) is 3.89. The van der Waals surface area contributed by atoms with Crippen LogP contribution in [0.3, 0.4) is 0 Å². The van der Waals surface area contributed by atoms with Gasteiger partial charge in [-0.25, -0.2) is 0 Å². The zero-order valence-corrected chi connectivity index (χ0v) is 9.70. The Morgan fingerprint density at radius 3 is 2.08 bits per heavy atom. The molecule has 0 unspecified atom stereocenters. The van der Waals surface area contributed by atoms with Crippen LogP contribution in [0.4, 0.5) is 0 Å². The first-order valence-corrected chi connectivity index (χ1v) is 5.30. The Hall–Kier alpha value is -0.0800. The molecule has 0 bridgehead atoms. The quantitative estimate of drug-likeness (QED) is 0.651. The highest BCUT2D eigenvalue weighted by molar-refractivity contribution is 4.94. The maximum atomic E-state index is 3.55. The zero-order chi connectivity index (χ0) is 10.1. The predicted octanol–water partition coefficient (Wildman–Crippen LogP) is 1.97. The first-order valence-electron chi connectivity index (χ1n) is 5.30. The van der Waals surface area contributed by atoms with Crippen LogP contribution < -0.4 is 10.6 Å². The standard InChI is InChI=1S/C11H24N2/c1-10(2,3)11(4,5)9-6-7-12-8-13-9/h9,12-13H,6-8H2,1-5H3/t9-/m1/s1. The van der Waals surface area contributed by atoms with Gasteiger partial charge in [0, 0.05) is 12.7 Å². The molecular weight excluding hydrogens is 160 g/mol. The normalized spacial score (nSPS) is 26.1. The first-order chi connectivity index (χ1) is 5.86. The second kappa shape index (κ2) is 3.58. The molecule has 0 radical (unpaired) electrons. The topological polar surface area (TPSA) is 24.1 Å². The summed E-state index contributed by atoms with van der Waals surface area (Å²) < 4.78 is 0. The second-order valence-corrected chi connectivity index (χ2v) is 5.69. The maximum absolute atomic E-state index is 3.55. The van der Waals surface area contributed by atoms with Gasteiger partial charge in [-0.3, -0.25) is 0 Å². The van der Waals surface area contributed by atoms with Crippen LogP contribution >= 0.6 is 0 Å². The predicted molar refractivity (Wildman–Crippen MR) is 57.6 cm³/mol. The molecule has 1 fully saturated rings. The van der Waals surface area contributed by atoms with Gasteiger partial charge in [0.25, 0.3) is 0 Å². The fourth-order valence-electron chi connectivity index (χ4n) is 1.77. The van der Waals surface area contributed by atoms with E-state index in [1.807, 2.05) is 0 Å². The van der Waals surface area contributed by atoms with Crippen molar-refractivity contribution >= 4 is 0 Å². The summed E-state index contributed by atoms with van der Waals surface area (Å²) in [5.74, 6) is 0. The van der Waals surface area contributed by atoms with Gasteiger partial charge in [-0.15, -0.1) is 0 Å². The lowest BCUT2D eigenvalue weighted by molar-refractivity contribution is 0.0641. The molecule has 1 aliphatic heterocycles. The Balaban J connectivity index is 2.67. The van der Waals surface area contributed by atoms with E-state index in [2.05, 4.69) is 45.3 Å². The Bertz CT molecular complexity index is 161. The largest absolute Gasteiger partial charge is 0.304 e. The van der Waals surface area contributed by atoms with Gasteiger partial charge in [-0.05, 0) is 23.8 Å². The van der Waals surface area contributed by atoms with E-state index in [1.165, 1.54) is 6.42 Å². The Morgan fingerprint density at radius 1 is 1.08 bits per heavy atom. The van der Waals surface area contributed by atoms with Crippen molar-refractivity contribution in [3.05, 3.63) is 0 Å². The highest BCUT2D eigenvalue weighted by atomic mass is 15.1. The minimum atomic E-state index is 0.356. The summed E-state index contributed by atoms with van der Waals surface area (Å²) >= 11 is 0. The first kappa shape index (κ1) is 11.0. The molecule has 2 nitrogen and oxygen atoms in total. The van der Waals surface area contributed by atoms with Crippen molar-refractivity contribution in [3.63, 3.8) is 0 Å². The van der Waals surface area contributed by atoms with Crippen molar-refractivity contribution in [2.45, 2.75) is 47.1 Å². The second-order valence-electron chi connectivity index (χ2n) is 5.69. The molecule has 0 aromatic heterocycles. The van der Waals surface area contributed by atoms with Crippen LogP contribution in [0.25, 0.3) is 0 Å². The molecule has 2 N–H and O–H groups in total. The summed E-state index contributed by atoms with van der Waals surface area (Å²) in [4.78, 5) is 0. The summed E-state index contributed by atoms with van der Waals surface area (Å²) in [5.41, 5.74) is 0.719. The number of nitrogens with one attached hydrogen (secondary N) is 2. The maximum Gasteiger partial charge on any atom is 0.0456 e. The van der Waals surface area contributed by atoms with E-state index in [-0.39, 0.29) is 0 Å². The molecule has 2 heteroatoms. The van der Waals surface area contributed by atoms with Crippen molar-refractivity contribution in [2.24, 2.45) is 10.8 Å². The van der Waals surface area contributed by atoms with Crippen LogP contribution in [0.15, 0.2) is 0 Å². The van der Waals surface area contributed by atoms with Crippen molar-refractivity contribution < 1.29 is 0 Å². The molecule has 13 heavy (non-hydrogen) atoms. The van der Waals surface area contributed by atoms with Crippen LogP contribution in [0.1, 0.15) is 41.0 Å². The minimum absolute atomic E-state index is 0.356. The number of rotatable bonds is 1. The smallest absolute Gasteiger partial charge is 0.0456 e. The van der Waals surface area contributed by atoms with Gasteiger partial charge in [0.1, 0.15) is 0 Å². The van der Waals surface area contributed by atoms with Gasteiger partial charge in [-0.1, -0.05) is 34.6 Å². The van der Waals surface area contributed by atoms with Crippen molar-refractivity contribution in [1.29, 1.82) is 0 Å². The van der Waals surface area contributed by atoms with E-state index in [0.29, 0.717) is 16.9 Å². The summed E-state index contributed by atoms with van der Waals surface area (Å²) in [6.07, 6.45) is 1.24. The Kier molecular flexibility index (Phi) is 3.03. The summed E-state index contributed by atoms with van der Waals surface area (Å²) in [6, 6.07) is 0.647. The van der Waals surface area contributed by atoms with E-state index in [4.69, 9.17) is 0 Å². The van der Waals surface area contributed by atoms with E-state index in [0.717, 1.165) is 13.2 Å². The third-order valence-electron chi connectivity index (χ3n) is 3.89. The zero-order valence-electron chi connectivity index (χ0n) is 9.70. The molecule has 0 aliphatic carbocycles. The molecule has 1 saturated heterocycles. The molecule has 1 rings (SSSR count). The molecular formula is C11H24N2.